The molecule has 0 radical (unpaired) electrons. The molecule has 2 nitrogen and oxygen atoms in total. The summed E-state index contributed by atoms with van der Waals surface area (Å²) in [5, 5.41) is 2.84. The maximum atomic E-state index is 13.0. The summed E-state index contributed by atoms with van der Waals surface area (Å²) < 4.78 is 13.0. The van der Waals surface area contributed by atoms with Gasteiger partial charge in [-0.1, -0.05) is 42.5 Å². The van der Waals surface area contributed by atoms with Gasteiger partial charge in [0.05, 0.1) is 6.42 Å². The lowest BCUT2D eigenvalue weighted by Gasteiger charge is -2.05. The summed E-state index contributed by atoms with van der Waals surface area (Å²) in [5.74, 6) is -0.254. The Kier molecular flexibility index (Phi) is 4.67. The van der Waals surface area contributed by atoms with Crippen molar-refractivity contribution in [2.45, 2.75) is 12.8 Å². The van der Waals surface area contributed by atoms with Crippen molar-refractivity contribution in [3.8, 4) is 0 Å². The number of nitrogens with one attached hydrogen (secondary N) is 1. The average molecular weight is 257 g/mol. The van der Waals surface area contributed by atoms with Gasteiger partial charge < -0.3 is 5.32 Å². The normalized spacial score (nSPS) is 10.2. The second-order valence-electron chi connectivity index (χ2n) is 4.39. The first-order valence-corrected chi connectivity index (χ1v) is 6.29. The van der Waals surface area contributed by atoms with E-state index in [1.165, 1.54) is 12.1 Å². The van der Waals surface area contributed by atoms with Crippen molar-refractivity contribution in [1.82, 2.24) is 5.32 Å². The Bertz CT molecular complexity index is 539. The quantitative estimate of drug-likeness (QED) is 0.876. The zero-order valence-electron chi connectivity index (χ0n) is 10.6. The summed E-state index contributed by atoms with van der Waals surface area (Å²) in [7, 11) is 0. The third kappa shape index (κ3) is 4.54. The van der Waals surface area contributed by atoms with E-state index in [0.717, 1.165) is 11.1 Å². The first-order chi connectivity index (χ1) is 9.24. The molecule has 0 bridgehead atoms. The van der Waals surface area contributed by atoms with Crippen LogP contribution in [0.4, 0.5) is 4.39 Å². The molecule has 3 heteroatoms. The molecule has 0 aliphatic rings. The zero-order valence-corrected chi connectivity index (χ0v) is 10.6. The lowest BCUT2D eigenvalue weighted by Crippen LogP contribution is -2.27. The molecule has 0 spiro atoms. The fourth-order valence-corrected chi connectivity index (χ4v) is 1.88. The van der Waals surface area contributed by atoms with Gasteiger partial charge in [0.1, 0.15) is 5.82 Å². The Labute approximate surface area is 112 Å². The van der Waals surface area contributed by atoms with E-state index in [1.807, 2.05) is 36.4 Å². The molecule has 0 aliphatic heterocycles. The van der Waals surface area contributed by atoms with Crippen LogP contribution in [-0.2, 0) is 17.6 Å². The summed E-state index contributed by atoms with van der Waals surface area (Å²) in [5.41, 5.74) is 1.88. The second kappa shape index (κ2) is 6.69. The van der Waals surface area contributed by atoms with Gasteiger partial charge in [-0.3, -0.25) is 4.79 Å². The van der Waals surface area contributed by atoms with Crippen LogP contribution in [0.15, 0.2) is 54.6 Å². The summed E-state index contributed by atoms with van der Waals surface area (Å²) in [4.78, 5) is 11.7. The van der Waals surface area contributed by atoms with E-state index in [9.17, 15) is 9.18 Å². The standard InChI is InChI=1S/C16H16FNO/c17-15-8-4-7-14(11-15)9-10-18-16(19)12-13-5-2-1-3-6-13/h1-8,11H,9-10,12H2,(H,18,19). The molecule has 0 aromatic heterocycles. The number of benzene rings is 2. The number of hydrogen-bond acceptors (Lipinski definition) is 1. The predicted octanol–water partition coefficient (Wildman–Crippen LogP) is 2.73. The van der Waals surface area contributed by atoms with Crippen LogP contribution in [0.25, 0.3) is 0 Å². The van der Waals surface area contributed by atoms with Crippen molar-refractivity contribution < 1.29 is 9.18 Å². The Balaban J connectivity index is 1.75. The summed E-state index contributed by atoms with van der Waals surface area (Å²) in [6.45, 7) is 0.523. The molecule has 2 rings (SSSR count). The van der Waals surface area contributed by atoms with E-state index in [2.05, 4.69) is 5.32 Å². The van der Waals surface area contributed by atoms with Crippen LogP contribution < -0.4 is 5.32 Å². The Hall–Kier alpha value is -2.16. The number of halogens is 1. The van der Waals surface area contributed by atoms with E-state index in [0.29, 0.717) is 19.4 Å². The molecule has 0 fully saturated rings. The minimum atomic E-state index is -0.242. The zero-order chi connectivity index (χ0) is 13.5. The topological polar surface area (TPSA) is 29.1 Å². The van der Waals surface area contributed by atoms with Gasteiger partial charge in [0.25, 0.3) is 0 Å². The van der Waals surface area contributed by atoms with Crippen molar-refractivity contribution in [3.63, 3.8) is 0 Å². The van der Waals surface area contributed by atoms with Crippen molar-refractivity contribution in [2.24, 2.45) is 0 Å². The van der Waals surface area contributed by atoms with Gasteiger partial charge in [-0.25, -0.2) is 4.39 Å². The molecule has 0 aliphatic carbocycles. The highest BCUT2D eigenvalue weighted by Crippen LogP contribution is 2.04. The van der Waals surface area contributed by atoms with Crippen molar-refractivity contribution in [2.75, 3.05) is 6.54 Å². The van der Waals surface area contributed by atoms with Gasteiger partial charge in [0.15, 0.2) is 0 Å². The molecule has 1 amide bonds. The van der Waals surface area contributed by atoms with E-state index in [4.69, 9.17) is 0 Å². The van der Waals surface area contributed by atoms with Crippen LogP contribution in [0.2, 0.25) is 0 Å². The van der Waals surface area contributed by atoms with Crippen LogP contribution in [0.5, 0.6) is 0 Å². The van der Waals surface area contributed by atoms with Crippen LogP contribution in [-0.4, -0.2) is 12.5 Å². The van der Waals surface area contributed by atoms with Crippen molar-refractivity contribution in [3.05, 3.63) is 71.5 Å². The van der Waals surface area contributed by atoms with Gasteiger partial charge in [-0.15, -0.1) is 0 Å². The van der Waals surface area contributed by atoms with E-state index >= 15 is 0 Å². The predicted molar refractivity (Wildman–Crippen MR) is 73.3 cm³/mol. The number of rotatable bonds is 5. The minimum absolute atomic E-state index is 0.0115. The van der Waals surface area contributed by atoms with Gasteiger partial charge >= 0.3 is 0 Å². The fraction of sp³-hybridized carbons (Fsp3) is 0.188. The third-order valence-electron chi connectivity index (χ3n) is 2.83. The van der Waals surface area contributed by atoms with Crippen LogP contribution >= 0.6 is 0 Å². The lowest BCUT2D eigenvalue weighted by atomic mass is 10.1. The molecule has 1 N–H and O–H groups in total. The molecule has 2 aromatic rings. The number of carbonyl (C=O) groups is 1. The summed E-state index contributed by atoms with van der Waals surface area (Å²) in [6, 6.07) is 16.0. The molecule has 0 saturated carbocycles. The Morgan fingerprint density at radius 2 is 1.74 bits per heavy atom. The van der Waals surface area contributed by atoms with Crippen molar-refractivity contribution >= 4 is 5.91 Å². The molecule has 0 atom stereocenters. The van der Waals surface area contributed by atoms with E-state index in [-0.39, 0.29) is 11.7 Å². The van der Waals surface area contributed by atoms with Crippen molar-refractivity contribution in [1.29, 1.82) is 0 Å². The van der Waals surface area contributed by atoms with Gasteiger partial charge in [-0.2, -0.15) is 0 Å². The molecule has 19 heavy (non-hydrogen) atoms. The number of amides is 1. The second-order valence-corrected chi connectivity index (χ2v) is 4.39. The summed E-state index contributed by atoms with van der Waals surface area (Å²) in [6.07, 6.45) is 1.02. The Morgan fingerprint density at radius 1 is 1.00 bits per heavy atom. The smallest absolute Gasteiger partial charge is 0.224 e. The van der Waals surface area contributed by atoms with Gasteiger partial charge in [0, 0.05) is 6.54 Å². The highest BCUT2D eigenvalue weighted by molar-refractivity contribution is 5.78. The molecular formula is C16H16FNO. The molecular weight excluding hydrogens is 241 g/mol. The van der Waals surface area contributed by atoms with E-state index in [1.54, 1.807) is 6.07 Å². The number of carbonyl (C=O) groups excluding carboxylic acids is 1. The minimum Gasteiger partial charge on any atom is -0.355 e. The summed E-state index contributed by atoms with van der Waals surface area (Å²) >= 11 is 0. The lowest BCUT2D eigenvalue weighted by molar-refractivity contribution is -0.120. The van der Waals surface area contributed by atoms with Crippen LogP contribution in [0.1, 0.15) is 11.1 Å². The number of hydrogen-bond donors (Lipinski definition) is 1. The average Bonchev–Trinajstić information content (AvgIpc) is 2.40. The third-order valence-corrected chi connectivity index (χ3v) is 2.83. The molecule has 0 heterocycles. The highest BCUT2D eigenvalue weighted by atomic mass is 19.1. The van der Waals surface area contributed by atoms with Gasteiger partial charge in [-0.05, 0) is 29.7 Å². The monoisotopic (exact) mass is 257 g/mol. The van der Waals surface area contributed by atoms with Crippen LogP contribution in [0, 0.1) is 5.82 Å². The highest BCUT2D eigenvalue weighted by Gasteiger charge is 2.02. The van der Waals surface area contributed by atoms with Gasteiger partial charge in [0.2, 0.25) is 5.91 Å². The largest absolute Gasteiger partial charge is 0.355 e. The SMILES string of the molecule is O=C(Cc1ccccc1)NCCc1cccc(F)c1. The molecule has 0 saturated heterocycles. The van der Waals surface area contributed by atoms with Crippen LogP contribution in [0.3, 0.4) is 0 Å². The maximum absolute atomic E-state index is 13.0. The maximum Gasteiger partial charge on any atom is 0.224 e. The first-order valence-electron chi connectivity index (χ1n) is 6.29. The molecule has 0 unspecified atom stereocenters. The fourth-order valence-electron chi connectivity index (χ4n) is 1.88. The molecule has 98 valence electrons. The first kappa shape index (κ1) is 13.3. The van der Waals surface area contributed by atoms with E-state index < -0.39 is 0 Å². The molecule has 2 aromatic carbocycles. The Morgan fingerprint density at radius 3 is 2.47 bits per heavy atom.